The van der Waals surface area contributed by atoms with Crippen LogP contribution >= 0.6 is 11.3 Å². The summed E-state index contributed by atoms with van der Waals surface area (Å²) < 4.78 is 3.31. The zero-order valence-corrected chi connectivity index (χ0v) is 12.4. The summed E-state index contributed by atoms with van der Waals surface area (Å²) in [5.74, 6) is 0. The van der Waals surface area contributed by atoms with E-state index in [1.165, 1.54) is 0 Å². The largest absolute Gasteiger partial charge is 0.155 e. The standard InChI is InChI=1S/C10H20SSi2/c1-12(2,3)9-7-8-10(11-9)13(4,5)6/h7-8H,1-6H3. The van der Waals surface area contributed by atoms with E-state index >= 15 is 0 Å². The first-order valence-corrected chi connectivity index (χ1v) is 12.6. The Kier molecular flexibility index (Phi) is 2.90. The van der Waals surface area contributed by atoms with Gasteiger partial charge in [0.05, 0.1) is 16.1 Å². The van der Waals surface area contributed by atoms with Crippen molar-refractivity contribution in [1.82, 2.24) is 0 Å². The van der Waals surface area contributed by atoms with E-state index in [2.05, 4.69) is 62.8 Å². The number of hydrogen-bond donors (Lipinski definition) is 0. The molecule has 0 nitrogen and oxygen atoms in total. The van der Waals surface area contributed by atoms with Gasteiger partial charge in [-0.15, -0.1) is 0 Å². The van der Waals surface area contributed by atoms with Gasteiger partial charge in [0.2, 0.25) is 0 Å². The lowest BCUT2D eigenvalue weighted by Gasteiger charge is -2.15. The minimum atomic E-state index is -1.05. The molecule has 0 aliphatic rings. The zero-order chi connectivity index (χ0) is 10.3. The van der Waals surface area contributed by atoms with E-state index in [1.54, 1.807) is 9.00 Å². The maximum atomic E-state index is 2.42. The maximum absolute atomic E-state index is 2.42. The molecule has 0 saturated heterocycles. The van der Waals surface area contributed by atoms with E-state index in [4.69, 9.17) is 0 Å². The second-order valence-corrected chi connectivity index (χ2v) is 17.5. The molecule has 1 heterocycles. The number of thiophene rings is 1. The molecule has 0 spiro atoms. The molecule has 0 bridgehead atoms. The topological polar surface area (TPSA) is 0 Å². The molecule has 13 heavy (non-hydrogen) atoms. The van der Waals surface area contributed by atoms with Crippen molar-refractivity contribution in [2.45, 2.75) is 39.3 Å². The second-order valence-electron chi connectivity index (χ2n) is 5.66. The van der Waals surface area contributed by atoms with E-state index in [1.807, 2.05) is 0 Å². The Morgan fingerprint density at radius 3 is 1.23 bits per heavy atom. The Labute approximate surface area is 88.0 Å². The van der Waals surface area contributed by atoms with Gasteiger partial charge in [-0.3, -0.25) is 0 Å². The number of rotatable bonds is 2. The van der Waals surface area contributed by atoms with Crippen LogP contribution in [0.15, 0.2) is 12.1 Å². The van der Waals surface area contributed by atoms with Crippen molar-refractivity contribution in [3.63, 3.8) is 0 Å². The Bertz CT molecular complexity index is 260. The van der Waals surface area contributed by atoms with Crippen molar-refractivity contribution in [2.24, 2.45) is 0 Å². The molecule has 1 aromatic rings. The first-order valence-electron chi connectivity index (χ1n) is 4.82. The Balaban J connectivity index is 3.01. The molecule has 0 atom stereocenters. The van der Waals surface area contributed by atoms with Crippen molar-refractivity contribution in [3.05, 3.63) is 12.1 Å². The van der Waals surface area contributed by atoms with E-state index in [-0.39, 0.29) is 0 Å². The zero-order valence-electron chi connectivity index (χ0n) is 9.56. The molecule has 0 unspecified atom stereocenters. The highest BCUT2D eigenvalue weighted by Crippen LogP contribution is 2.10. The summed E-state index contributed by atoms with van der Waals surface area (Å²) in [5.41, 5.74) is 0. The highest BCUT2D eigenvalue weighted by Gasteiger charge is 2.23. The predicted octanol–water partition coefficient (Wildman–Crippen LogP) is 2.84. The predicted molar refractivity (Wildman–Crippen MR) is 70.3 cm³/mol. The van der Waals surface area contributed by atoms with Gasteiger partial charge in [-0.2, -0.15) is 11.3 Å². The van der Waals surface area contributed by atoms with Crippen molar-refractivity contribution < 1.29 is 0 Å². The van der Waals surface area contributed by atoms with Gasteiger partial charge in [0.1, 0.15) is 0 Å². The lowest BCUT2D eigenvalue weighted by atomic mass is 10.7. The van der Waals surface area contributed by atoms with Crippen LogP contribution in [-0.4, -0.2) is 16.1 Å². The first kappa shape index (κ1) is 11.2. The highest BCUT2D eigenvalue weighted by molar-refractivity contribution is 7.35. The quantitative estimate of drug-likeness (QED) is 0.683. The fraction of sp³-hybridized carbons (Fsp3) is 0.600. The van der Waals surface area contributed by atoms with E-state index in [0.717, 1.165) is 0 Å². The molecule has 74 valence electrons. The van der Waals surface area contributed by atoms with Gasteiger partial charge in [0.15, 0.2) is 0 Å². The second kappa shape index (κ2) is 3.37. The van der Waals surface area contributed by atoms with Gasteiger partial charge < -0.3 is 0 Å². The summed E-state index contributed by atoms with van der Waals surface area (Å²) in [6.07, 6.45) is 0. The van der Waals surface area contributed by atoms with Crippen molar-refractivity contribution in [2.75, 3.05) is 0 Å². The van der Waals surface area contributed by atoms with Crippen LogP contribution in [0.5, 0.6) is 0 Å². The normalized spacial score (nSPS) is 13.4. The Morgan fingerprint density at radius 1 is 0.769 bits per heavy atom. The summed E-state index contributed by atoms with van der Waals surface area (Å²) in [7, 11) is -2.10. The van der Waals surface area contributed by atoms with E-state index in [0.29, 0.717) is 0 Å². The highest BCUT2D eigenvalue weighted by atomic mass is 32.1. The summed E-state index contributed by atoms with van der Waals surface area (Å²) in [5, 5.41) is 0. The fourth-order valence-electron chi connectivity index (χ4n) is 1.14. The van der Waals surface area contributed by atoms with Crippen LogP contribution in [0.1, 0.15) is 0 Å². The van der Waals surface area contributed by atoms with Gasteiger partial charge in [-0.05, 0) is 9.00 Å². The Hall–Kier alpha value is 0.134. The molecule has 0 fully saturated rings. The van der Waals surface area contributed by atoms with Gasteiger partial charge in [-0.1, -0.05) is 51.4 Å². The molecule has 3 heteroatoms. The SMILES string of the molecule is C[Si](C)(C)c1ccc([Si](C)(C)C)s1. The van der Waals surface area contributed by atoms with Crippen LogP contribution in [0.2, 0.25) is 39.3 Å². The van der Waals surface area contributed by atoms with Crippen LogP contribution in [0, 0.1) is 0 Å². The van der Waals surface area contributed by atoms with E-state index in [9.17, 15) is 0 Å². The molecule has 0 N–H and O–H groups in total. The summed E-state index contributed by atoms with van der Waals surface area (Å²) in [6, 6.07) is 4.73. The van der Waals surface area contributed by atoms with Gasteiger partial charge >= 0.3 is 0 Å². The minimum absolute atomic E-state index is 1.05. The van der Waals surface area contributed by atoms with Crippen LogP contribution in [0.3, 0.4) is 0 Å². The third-order valence-electron chi connectivity index (χ3n) is 2.08. The fourth-order valence-corrected chi connectivity index (χ4v) is 6.24. The van der Waals surface area contributed by atoms with Gasteiger partial charge in [-0.25, -0.2) is 0 Å². The molecular weight excluding hydrogens is 208 g/mol. The monoisotopic (exact) mass is 228 g/mol. The third-order valence-corrected chi connectivity index (χ3v) is 10.4. The molecule has 0 aromatic carbocycles. The smallest absolute Gasteiger partial charge is 0.0903 e. The maximum Gasteiger partial charge on any atom is 0.0903 e. The molecule has 0 aliphatic heterocycles. The van der Waals surface area contributed by atoms with Crippen LogP contribution in [0.25, 0.3) is 0 Å². The summed E-state index contributed by atoms with van der Waals surface area (Å²) in [6.45, 7) is 14.5. The van der Waals surface area contributed by atoms with Crippen molar-refractivity contribution >= 4 is 36.5 Å². The molecule has 1 rings (SSSR count). The lowest BCUT2D eigenvalue weighted by Crippen LogP contribution is -2.38. The van der Waals surface area contributed by atoms with Gasteiger partial charge in [0, 0.05) is 0 Å². The van der Waals surface area contributed by atoms with Crippen LogP contribution in [-0.2, 0) is 0 Å². The molecule has 0 radical (unpaired) electrons. The Morgan fingerprint density at radius 2 is 1.08 bits per heavy atom. The molecular formula is C10H20SSi2. The molecule has 0 amide bonds. The van der Waals surface area contributed by atoms with Crippen LogP contribution < -0.4 is 9.00 Å². The van der Waals surface area contributed by atoms with Gasteiger partial charge in [0.25, 0.3) is 0 Å². The molecule has 1 aromatic heterocycles. The molecule has 0 aliphatic carbocycles. The van der Waals surface area contributed by atoms with E-state index < -0.39 is 16.1 Å². The number of hydrogen-bond acceptors (Lipinski definition) is 1. The third kappa shape index (κ3) is 2.79. The summed E-state index contributed by atoms with van der Waals surface area (Å²) in [4.78, 5) is 0. The first-order chi connectivity index (χ1) is 5.71. The molecule has 0 saturated carbocycles. The lowest BCUT2D eigenvalue weighted by molar-refractivity contribution is 1.77. The summed E-state index contributed by atoms with van der Waals surface area (Å²) >= 11 is 2.07. The van der Waals surface area contributed by atoms with Crippen molar-refractivity contribution in [3.8, 4) is 0 Å². The van der Waals surface area contributed by atoms with Crippen molar-refractivity contribution in [1.29, 1.82) is 0 Å². The average molecular weight is 229 g/mol. The minimum Gasteiger partial charge on any atom is -0.155 e. The average Bonchev–Trinajstić information content (AvgIpc) is 2.28. The van der Waals surface area contributed by atoms with Crippen LogP contribution in [0.4, 0.5) is 0 Å².